The Bertz CT molecular complexity index is 689. The van der Waals surface area contributed by atoms with E-state index in [1.54, 1.807) is 11.3 Å². The van der Waals surface area contributed by atoms with Crippen LogP contribution in [-0.2, 0) is 11.3 Å². The first-order valence-corrected chi connectivity index (χ1v) is 11.9. The van der Waals surface area contributed by atoms with Crippen LogP contribution in [0.3, 0.4) is 0 Å². The average Bonchev–Trinajstić information content (AvgIpc) is 3.42. The van der Waals surface area contributed by atoms with E-state index in [0.717, 1.165) is 70.3 Å². The van der Waals surface area contributed by atoms with E-state index in [4.69, 9.17) is 9.98 Å². The molecule has 0 spiro atoms. The van der Waals surface area contributed by atoms with E-state index in [9.17, 15) is 4.79 Å². The molecular formula is C21H36N6OS. The Balaban J connectivity index is 1.55. The number of carbonyl (C=O) groups excluding carboxylic acids is 1. The number of nitrogens with zero attached hydrogens (tertiary/aromatic N) is 5. The lowest BCUT2D eigenvalue weighted by Crippen LogP contribution is -2.57. The number of hydrogen-bond donors (Lipinski definition) is 1. The second kappa shape index (κ2) is 10.4. The lowest BCUT2D eigenvalue weighted by atomic mass is 10.2. The smallest absolute Gasteiger partial charge is 0.239 e. The molecule has 3 heterocycles. The highest BCUT2D eigenvalue weighted by molar-refractivity contribution is 7.09. The van der Waals surface area contributed by atoms with Crippen LogP contribution in [0.4, 0.5) is 0 Å². The molecule has 1 unspecified atom stereocenters. The maximum absolute atomic E-state index is 12.7. The molecule has 0 aromatic carbocycles. The van der Waals surface area contributed by atoms with Crippen molar-refractivity contribution in [1.29, 1.82) is 0 Å². The molecule has 1 atom stereocenters. The van der Waals surface area contributed by atoms with Gasteiger partial charge in [-0.25, -0.2) is 9.98 Å². The fraction of sp³-hybridized carbons (Fsp3) is 0.762. The number of hydrogen-bond acceptors (Lipinski definition) is 5. The zero-order chi connectivity index (χ0) is 20.8. The standard InChI is InChI=1S/C21H36N6OS/c1-5-22-21(23-14-18-15-29-19(24-18)16(2)3)27-12-10-25(11-13-27)17(4)20(28)26-8-6-7-9-26/h15-17H,5-14H2,1-4H3,(H,22,23). The summed E-state index contributed by atoms with van der Waals surface area (Å²) in [5, 5.41) is 6.71. The van der Waals surface area contributed by atoms with Crippen LogP contribution >= 0.6 is 11.3 Å². The number of likely N-dealkylation sites (tertiary alicyclic amines) is 1. The molecule has 0 bridgehead atoms. The quantitative estimate of drug-likeness (QED) is 0.565. The van der Waals surface area contributed by atoms with Crippen molar-refractivity contribution in [1.82, 2.24) is 25.0 Å². The first kappa shape index (κ1) is 22.0. The lowest BCUT2D eigenvalue weighted by Gasteiger charge is -2.39. The number of thiazole rings is 1. The third-order valence-corrected chi connectivity index (χ3v) is 6.92. The third kappa shape index (κ3) is 5.69. The van der Waals surface area contributed by atoms with Crippen molar-refractivity contribution in [2.75, 3.05) is 45.8 Å². The summed E-state index contributed by atoms with van der Waals surface area (Å²) in [6.45, 7) is 15.4. The molecule has 1 N–H and O–H groups in total. The van der Waals surface area contributed by atoms with Crippen molar-refractivity contribution in [2.45, 2.75) is 59.0 Å². The molecule has 2 aliphatic rings. The number of guanidine groups is 1. The number of nitrogens with one attached hydrogen (secondary N) is 1. The summed E-state index contributed by atoms with van der Waals surface area (Å²) in [6, 6.07) is -0.0285. The normalized spacial score (nSPS) is 19.8. The highest BCUT2D eigenvalue weighted by atomic mass is 32.1. The van der Waals surface area contributed by atoms with Gasteiger partial charge in [0, 0.05) is 57.1 Å². The molecule has 8 heteroatoms. The van der Waals surface area contributed by atoms with Gasteiger partial charge in [-0.15, -0.1) is 11.3 Å². The van der Waals surface area contributed by atoms with Crippen molar-refractivity contribution >= 4 is 23.2 Å². The predicted octanol–water partition coefficient (Wildman–Crippen LogP) is 2.36. The summed E-state index contributed by atoms with van der Waals surface area (Å²) in [6.07, 6.45) is 2.29. The molecule has 2 aliphatic heterocycles. The van der Waals surface area contributed by atoms with Gasteiger partial charge in [0.2, 0.25) is 5.91 Å². The van der Waals surface area contributed by atoms with Crippen molar-refractivity contribution < 1.29 is 4.79 Å². The summed E-state index contributed by atoms with van der Waals surface area (Å²) in [4.78, 5) is 28.9. The number of aliphatic imine (C=N–C) groups is 1. The van der Waals surface area contributed by atoms with Crippen molar-refractivity contribution in [2.24, 2.45) is 4.99 Å². The van der Waals surface area contributed by atoms with Crippen LogP contribution in [0.2, 0.25) is 0 Å². The monoisotopic (exact) mass is 420 g/mol. The minimum absolute atomic E-state index is 0.0285. The van der Waals surface area contributed by atoms with E-state index in [2.05, 4.69) is 48.2 Å². The van der Waals surface area contributed by atoms with Crippen LogP contribution in [0.1, 0.15) is 57.2 Å². The van der Waals surface area contributed by atoms with Crippen LogP contribution in [0.25, 0.3) is 0 Å². The Morgan fingerprint density at radius 2 is 1.83 bits per heavy atom. The SMILES string of the molecule is CCNC(=NCc1csc(C(C)C)n1)N1CCN(C(C)C(=O)N2CCCC2)CC1. The molecule has 2 fully saturated rings. The maximum Gasteiger partial charge on any atom is 0.239 e. The zero-order valence-corrected chi connectivity index (χ0v) is 19.2. The minimum atomic E-state index is -0.0285. The summed E-state index contributed by atoms with van der Waals surface area (Å²) in [7, 11) is 0. The Labute approximate surface area is 179 Å². The molecule has 162 valence electrons. The molecule has 1 aromatic rings. The van der Waals surface area contributed by atoms with Gasteiger partial charge in [-0.1, -0.05) is 13.8 Å². The molecule has 2 saturated heterocycles. The van der Waals surface area contributed by atoms with Gasteiger partial charge < -0.3 is 15.1 Å². The third-order valence-electron chi connectivity index (χ3n) is 5.73. The molecule has 0 radical (unpaired) electrons. The number of carbonyl (C=O) groups is 1. The number of amides is 1. The lowest BCUT2D eigenvalue weighted by molar-refractivity contribution is -0.135. The van der Waals surface area contributed by atoms with E-state index in [1.807, 2.05) is 4.90 Å². The molecule has 0 saturated carbocycles. The molecule has 7 nitrogen and oxygen atoms in total. The second-order valence-corrected chi connectivity index (χ2v) is 9.12. The highest BCUT2D eigenvalue weighted by Gasteiger charge is 2.30. The summed E-state index contributed by atoms with van der Waals surface area (Å²) in [5.41, 5.74) is 1.04. The van der Waals surface area contributed by atoms with Crippen molar-refractivity contribution in [3.8, 4) is 0 Å². The molecule has 29 heavy (non-hydrogen) atoms. The zero-order valence-electron chi connectivity index (χ0n) is 18.4. The Hall–Kier alpha value is -1.67. The van der Waals surface area contributed by atoms with E-state index in [-0.39, 0.29) is 6.04 Å². The van der Waals surface area contributed by atoms with Gasteiger partial charge in [0.05, 0.1) is 23.3 Å². The summed E-state index contributed by atoms with van der Waals surface area (Å²) >= 11 is 1.72. The number of aromatic nitrogens is 1. The van der Waals surface area contributed by atoms with E-state index in [1.165, 1.54) is 5.01 Å². The van der Waals surface area contributed by atoms with E-state index >= 15 is 0 Å². The largest absolute Gasteiger partial charge is 0.357 e. The van der Waals surface area contributed by atoms with Crippen LogP contribution in [0.5, 0.6) is 0 Å². The molecule has 3 rings (SSSR count). The molecule has 1 amide bonds. The van der Waals surface area contributed by atoms with Crippen LogP contribution in [-0.4, -0.2) is 83.4 Å². The first-order chi connectivity index (χ1) is 14.0. The van der Waals surface area contributed by atoms with Crippen LogP contribution < -0.4 is 5.32 Å². The Morgan fingerprint density at radius 3 is 2.41 bits per heavy atom. The van der Waals surface area contributed by atoms with E-state index < -0.39 is 0 Å². The van der Waals surface area contributed by atoms with Gasteiger partial charge in [0.1, 0.15) is 0 Å². The highest BCUT2D eigenvalue weighted by Crippen LogP contribution is 2.19. The average molecular weight is 421 g/mol. The Morgan fingerprint density at radius 1 is 1.14 bits per heavy atom. The maximum atomic E-state index is 12.7. The molecule has 0 aliphatic carbocycles. The fourth-order valence-electron chi connectivity index (χ4n) is 3.92. The van der Waals surface area contributed by atoms with Gasteiger partial charge in [-0.2, -0.15) is 0 Å². The number of rotatable bonds is 6. The topological polar surface area (TPSA) is 64.1 Å². The summed E-state index contributed by atoms with van der Waals surface area (Å²) in [5.74, 6) is 1.70. The molecule has 1 aromatic heterocycles. The second-order valence-electron chi connectivity index (χ2n) is 8.23. The summed E-state index contributed by atoms with van der Waals surface area (Å²) < 4.78 is 0. The predicted molar refractivity (Wildman–Crippen MR) is 119 cm³/mol. The van der Waals surface area contributed by atoms with E-state index in [0.29, 0.717) is 18.4 Å². The van der Waals surface area contributed by atoms with Gasteiger partial charge in [-0.05, 0) is 26.7 Å². The van der Waals surface area contributed by atoms with Gasteiger partial charge in [-0.3, -0.25) is 9.69 Å². The van der Waals surface area contributed by atoms with Gasteiger partial charge >= 0.3 is 0 Å². The molecular weight excluding hydrogens is 384 g/mol. The van der Waals surface area contributed by atoms with Gasteiger partial charge in [0.25, 0.3) is 0 Å². The fourth-order valence-corrected chi connectivity index (χ4v) is 4.75. The van der Waals surface area contributed by atoms with Crippen molar-refractivity contribution in [3.63, 3.8) is 0 Å². The van der Waals surface area contributed by atoms with Crippen LogP contribution in [0, 0.1) is 0 Å². The number of piperazine rings is 1. The van der Waals surface area contributed by atoms with Crippen molar-refractivity contribution in [3.05, 3.63) is 16.1 Å². The van der Waals surface area contributed by atoms with Crippen LogP contribution in [0.15, 0.2) is 10.4 Å². The van der Waals surface area contributed by atoms with Gasteiger partial charge in [0.15, 0.2) is 5.96 Å². The minimum Gasteiger partial charge on any atom is -0.357 e. The first-order valence-electron chi connectivity index (χ1n) is 11.0. The Kier molecular flexibility index (Phi) is 7.89.